The van der Waals surface area contributed by atoms with Crippen LogP contribution in [-0.2, 0) is 22.6 Å². The Kier molecular flexibility index (Phi) is 4.65. The van der Waals surface area contributed by atoms with Crippen LogP contribution in [0.5, 0.6) is 5.75 Å². The van der Waals surface area contributed by atoms with Gasteiger partial charge in [0.05, 0.1) is 13.7 Å². The van der Waals surface area contributed by atoms with Crippen LogP contribution in [-0.4, -0.2) is 52.5 Å². The lowest BCUT2D eigenvalue weighted by molar-refractivity contribution is -0.183. The fourth-order valence-electron chi connectivity index (χ4n) is 4.74. The quantitative estimate of drug-likeness (QED) is 0.673. The second kappa shape index (κ2) is 7.29. The molecule has 2 atom stereocenters. The van der Waals surface area contributed by atoms with Crippen molar-refractivity contribution in [2.45, 2.75) is 31.2 Å². The van der Waals surface area contributed by atoms with Gasteiger partial charge in [0.15, 0.2) is 0 Å². The zero-order valence-electron chi connectivity index (χ0n) is 17.1. The maximum Gasteiger partial charge on any atom is 0.406 e. The standard InChI is InChI=1S/C23H20F3N3O3/c1-32-14-8-6-13(7-9-14)20-22(31)28-11-18-16(15-4-2-3-5-17(15)27-18)10-19(28)21(30)29(20)12-23(24,25)26/h2-9,19-20,27H,10-12H2,1H3/t19-,20+/m1/s1. The number of carbonyl (C=O) groups excluding carboxylic acids is 2. The lowest BCUT2D eigenvalue weighted by Gasteiger charge is -2.47. The zero-order valence-corrected chi connectivity index (χ0v) is 17.1. The molecule has 0 radical (unpaired) electrons. The summed E-state index contributed by atoms with van der Waals surface area (Å²) in [6, 6.07) is 11.4. The summed E-state index contributed by atoms with van der Waals surface area (Å²) in [7, 11) is 1.47. The van der Waals surface area contributed by atoms with Gasteiger partial charge in [0.2, 0.25) is 5.91 Å². The monoisotopic (exact) mass is 443 g/mol. The molecule has 2 amide bonds. The van der Waals surface area contributed by atoms with E-state index >= 15 is 0 Å². The number of amides is 2. The molecule has 32 heavy (non-hydrogen) atoms. The number of ether oxygens (including phenoxy) is 1. The summed E-state index contributed by atoms with van der Waals surface area (Å²) < 4.78 is 45.4. The van der Waals surface area contributed by atoms with Crippen LogP contribution < -0.4 is 4.74 Å². The van der Waals surface area contributed by atoms with E-state index in [1.54, 1.807) is 12.1 Å². The Morgan fingerprint density at radius 1 is 1.06 bits per heavy atom. The first-order valence-corrected chi connectivity index (χ1v) is 10.2. The summed E-state index contributed by atoms with van der Waals surface area (Å²) in [6.07, 6.45) is -4.46. The molecule has 1 fully saturated rings. The second-order valence-electron chi connectivity index (χ2n) is 8.07. The SMILES string of the molecule is COc1ccc([C@H]2C(=O)N3Cc4[nH]c5ccccc5c4C[C@@H]3C(=O)N2CC(F)(F)F)cc1. The number of para-hydroxylation sites is 1. The zero-order chi connectivity index (χ0) is 22.6. The summed E-state index contributed by atoms with van der Waals surface area (Å²) in [5.74, 6) is -0.712. The van der Waals surface area contributed by atoms with Crippen LogP contribution in [0, 0.1) is 0 Å². The van der Waals surface area contributed by atoms with Crippen LogP contribution >= 0.6 is 0 Å². The predicted octanol–water partition coefficient (Wildman–Crippen LogP) is 3.58. The first kappa shape index (κ1) is 20.4. The van der Waals surface area contributed by atoms with E-state index < -0.39 is 36.6 Å². The van der Waals surface area contributed by atoms with Crippen LogP contribution in [0.1, 0.15) is 22.9 Å². The minimum absolute atomic E-state index is 0.145. The number of fused-ring (bicyclic) bond motifs is 4. The minimum Gasteiger partial charge on any atom is -0.497 e. The number of nitrogens with zero attached hydrogens (tertiary/aromatic N) is 2. The number of halogens is 3. The summed E-state index contributed by atoms with van der Waals surface area (Å²) >= 11 is 0. The summed E-state index contributed by atoms with van der Waals surface area (Å²) in [6.45, 7) is -1.34. The third kappa shape index (κ3) is 3.28. The van der Waals surface area contributed by atoms with Crippen molar-refractivity contribution in [1.29, 1.82) is 0 Å². The number of carbonyl (C=O) groups is 2. The molecular weight excluding hydrogens is 423 g/mol. The van der Waals surface area contributed by atoms with Gasteiger partial charge in [0.25, 0.3) is 5.91 Å². The maximum atomic E-state index is 13.5. The third-order valence-electron chi connectivity index (χ3n) is 6.18. The number of aromatic nitrogens is 1. The molecule has 1 N–H and O–H groups in total. The molecule has 1 saturated heterocycles. The summed E-state index contributed by atoms with van der Waals surface area (Å²) in [5.41, 5.74) is 2.87. The molecule has 166 valence electrons. The van der Waals surface area contributed by atoms with E-state index in [2.05, 4.69) is 4.98 Å². The van der Waals surface area contributed by atoms with Crippen molar-refractivity contribution < 1.29 is 27.5 Å². The van der Waals surface area contributed by atoms with Crippen LogP contribution in [0.15, 0.2) is 48.5 Å². The van der Waals surface area contributed by atoms with Gasteiger partial charge in [-0.25, -0.2) is 0 Å². The third-order valence-corrected chi connectivity index (χ3v) is 6.18. The number of piperazine rings is 1. The molecule has 2 aliphatic rings. The Morgan fingerprint density at radius 3 is 2.47 bits per heavy atom. The van der Waals surface area contributed by atoms with Gasteiger partial charge in [0.1, 0.15) is 24.4 Å². The number of nitrogens with one attached hydrogen (secondary N) is 1. The van der Waals surface area contributed by atoms with E-state index in [0.717, 1.165) is 22.2 Å². The van der Waals surface area contributed by atoms with Gasteiger partial charge in [-0.3, -0.25) is 9.59 Å². The van der Waals surface area contributed by atoms with Gasteiger partial charge < -0.3 is 19.5 Å². The van der Waals surface area contributed by atoms with Crippen molar-refractivity contribution in [2.24, 2.45) is 0 Å². The molecule has 1 aromatic heterocycles. The van der Waals surface area contributed by atoms with E-state index in [-0.39, 0.29) is 13.0 Å². The molecule has 0 bridgehead atoms. The predicted molar refractivity (Wildman–Crippen MR) is 110 cm³/mol. The van der Waals surface area contributed by atoms with E-state index in [0.29, 0.717) is 16.2 Å². The smallest absolute Gasteiger partial charge is 0.406 e. The van der Waals surface area contributed by atoms with Gasteiger partial charge >= 0.3 is 6.18 Å². The van der Waals surface area contributed by atoms with Crippen LogP contribution in [0.25, 0.3) is 10.9 Å². The number of rotatable bonds is 3. The van der Waals surface area contributed by atoms with Crippen molar-refractivity contribution in [3.63, 3.8) is 0 Å². The van der Waals surface area contributed by atoms with Crippen molar-refractivity contribution in [3.8, 4) is 5.75 Å². The van der Waals surface area contributed by atoms with Crippen LogP contribution in [0.4, 0.5) is 13.2 Å². The van der Waals surface area contributed by atoms with Gasteiger partial charge in [-0.05, 0) is 29.3 Å². The number of hydrogen-bond donors (Lipinski definition) is 1. The minimum atomic E-state index is -4.64. The van der Waals surface area contributed by atoms with Crippen molar-refractivity contribution in [2.75, 3.05) is 13.7 Å². The molecule has 3 aromatic rings. The van der Waals surface area contributed by atoms with E-state index in [1.807, 2.05) is 24.3 Å². The number of H-pyrrole nitrogens is 1. The Balaban J connectivity index is 1.58. The summed E-state index contributed by atoms with van der Waals surface area (Å²) in [4.78, 5) is 32.2. The highest BCUT2D eigenvalue weighted by Gasteiger charge is 2.51. The highest BCUT2D eigenvalue weighted by atomic mass is 19.4. The van der Waals surface area contributed by atoms with Crippen LogP contribution in [0.3, 0.4) is 0 Å². The van der Waals surface area contributed by atoms with E-state index in [1.165, 1.54) is 24.1 Å². The normalized spacial score (nSPS) is 21.0. The topological polar surface area (TPSA) is 65.6 Å². The first-order chi connectivity index (χ1) is 15.3. The lowest BCUT2D eigenvalue weighted by Crippen LogP contribution is -2.63. The van der Waals surface area contributed by atoms with Crippen molar-refractivity contribution >= 4 is 22.7 Å². The van der Waals surface area contributed by atoms with Gasteiger partial charge in [-0.2, -0.15) is 13.2 Å². The first-order valence-electron chi connectivity index (χ1n) is 10.2. The summed E-state index contributed by atoms with van der Waals surface area (Å²) in [5, 5.41) is 0.919. The number of benzene rings is 2. The molecular formula is C23H20F3N3O3. The van der Waals surface area contributed by atoms with E-state index in [4.69, 9.17) is 4.74 Å². The Morgan fingerprint density at radius 2 is 1.78 bits per heavy atom. The molecule has 0 aliphatic carbocycles. The fourth-order valence-corrected chi connectivity index (χ4v) is 4.74. The molecule has 0 spiro atoms. The Hall–Kier alpha value is -3.49. The number of hydrogen-bond acceptors (Lipinski definition) is 3. The second-order valence-corrected chi connectivity index (χ2v) is 8.07. The lowest BCUT2D eigenvalue weighted by atomic mass is 9.90. The highest BCUT2D eigenvalue weighted by Crippen LogP contribution is 2.39. The molecule has 6 nitrogen and oxygen atoms in total. The molecule has 2 aliphatic heterocycles. The highest BCUT2D eigenvalue weighted by molar-refractivity contribution is 5.99. The maximum absolute atomic E-state index is 13.5. The molecule has 9 heteroatoms. The number of aromatic amines is 1. The average Bonchev–Trinajstić information content (AvgIpc) is 3.13. The fraction of sp³-hybridized carbons (Fsp3) is 0.304. The number of alkyl halides is 3. The van der Waals surface area contributed by atoms with Gasteiger partial charge in [-0.15, -0.1) is 0 Å². The van der Waals surface area contributed by atoms with Gasteiger partial charge in [0, 0.05) is 23.0 Å². The molecule has 5 rings (SSSR count). The number of methoxy groups -OCH3 is 1. The largest absolute Gasteiger partial charge is 0.497 e. The Labute approximate surface area is 181 Å². The Bertz CT molecular complexity index is 1200. The van der Waals surface area contributed by atoms with Gasteiger partial charge in [-0.1, -0.05) is 30.3 Å². The average molecular weight is 443 g/mol. The molecule has 0 saturated carbocycles. The van der Waals surface area contributed by atoms with Crippen molar-refractivity contribution in [1.82, 2.24) is 14.8 Å². The van der Waals surface area contributed by atoms with E-state index in [9.17, 15) is 22.8 Å². The molecule has 3 heterocycles. The molecule has 0 unspecified atom stereocenters. The molecule has 2 aromatic carbocycles. The van der Waals surface area contributed by atoms with Crippen LogP contribution in [0.2, 0.25) is 0 Å². The van der Waals surface area contributed by atoms with Crippen molar-refractivity contribution in [3.05, 3.63) is 65.4 Å².